The molecule has 2 fully saturated rings. The molecule has 4 amide bonds. The number of amides is 4. The van der Waals surface area contributed by atoms with Crippen LogP contribution in [0.4, 0.5) is 4.79 Å². The number of urea groups is 1. The molecule has 11 heteroatoms. The molecule has 2 aliphatic heterocycles. The van der Waals surface area contributed by atoms with E-state index < -0.39 is 0 Å². The molecule has 0 spiro atoms. The van der Waals surface area contributed by atoms with E-state index in [1.165, 1.54) is 0 Å². The Morgan fingerprint density at radius 1 is 0.969 bits per heavy atom. The second kappa shape index (κ2) is 17.0. The first-order valence-corrected chi connectivity index (χ1v) is 12.6. The summed E-state index contributed by atoms with van der Waals surface area (Å²) in [6.07, 6.45) is 5.68. The van der Waals surface area contributed by atoms with Crippen LogP contribution in [0.25, 0.3) is 0 Å². The van der Waals surface area contributed by atoms with E-state index in [0.29, 0.717) is 70.8 Å². The third kappa shape index (κ3) is 11.3. The number of hydrogen-bond donors (Lipinski definition) is 4. The SMILES string of the molecule is O=CNCCCOCCOCCOCCCNC(=O)CCCC[C@H]1SCC2NC(=O)NC21. The summed E-state index contributed by atoms with van der Waals surface area (Å²) in [5.74, 6) is 1.06. The Hall–Kier alpha value is -1.56. The van der Waals surface area contributed by atoms with Crippen LogP contribution in [0.3, 0.4) is 0 Å². The summed E-state index contributed by atoms with van der Waals surface area (Å²) in [6.45, 7) is 4.52. The summed E-state index contributed by atoms with van der Waals surface area (Å²) in [7, 11) is 0. The van der Waals surface area contributed by atoms with E-state index in [9.17, 15) is 14.4 Å². The first kappa shape index (κ1) is 26.7. The quantitative estimate of drug-likeness (QED) is 0.114. The van der Waals surface area contributed by atoms with Gasteiger partial charge in [0.15, 0.2) is 0 Å². The molecule has 0 saturated carbocycles. The molecule has 2 heterocycles. The maximum absolute atomic E-state index is 11.9. The normalized spacial score (nSPS) is 21.6. The van der Waals surface area contributed by atoms with Crippen LogP contribution in [0, 0.1) is 0 Å². The van der Waals surface area contributed by atoms with Gasteiger partial charge in [0.2, 0.25) is 12.3 Å². The molecule has 0 aromatic rings. The fourth-order valence-electron chi connectivity index (χ4n) is 3.64. The number of nitrogens with one attached hydrogen (secondary N) is 4. The largest absolute Gasteiger partial charge is 0.379 e. The van der Waals surface area contributed by atoms with E-state index in [2.05, 4.69) is 21.3 Å². The fraction of sp³-hybridized carbons (Fsp3) is 0.857. The summed E-state index contributed by atoms with van der Waals surface area (Å²) in [5, 5.41) is 11.9. The average molecular weight is 475 g/mol. The second-order valence-electron chi connectivity index (χ2n) is 7.83. The van der Waals surface area contributed by atoms with Crippen LogP contribution in [0.15, 0.2) is 0 Å². The minimum Gasteiger partial charge on any atom is -0.379 e. The molecular formula is C21H38N4O6S. The maximum atomic E-state index is 11.9. The lowest BCUT2D eigenvalue weighted by Crippen LogP contribution is -2.36. The monoisotopic (exact) mass is 474 g/mol. The zero-order valence-corrected chi connectivity index (χ0v) is 19.6. The number of fused-ring (bicyclic) bond motifs is 1. The van der Waals surface area contributed by atoms with E-state index in [1.54, 1.807) is 0 Å². The summed E-state index contributed by atoms with van der Waals surface area (Å²) in [6, 6.07) is 0.448. The molecule has 0 aliphatic carbocycles. The second-order valence-corrected chi connectivity index (χ2v) is 9.11. The molecule has 4 N–H and O–H groups in total. The Morgan fingerprint density at radius 2 is 1.66 bits per heavy atom. The van der Waals surface area contributed by atoms with Gasteiger partial charge in [0.25, 0.3) is 0 Å². The molecular weight excluding hydrogens is 436 g/mol. The highest BCUT2D eigenvalue weighted by Gasteiger charge is 2.42. The van der Waals surface area contributed by atoms with Crippen LogP contribution >= 0.6 is 11.8 Å². The van der Waals surface area contributed by atoms with Crippen molar-refractivity contribution in [2.75, 3.05) is 58.5 Å². The molecule has 2 rings (SSSR count). The van der Waals surface area contributed by atoms with Crippen molar-refractivity contribution in [1.29, 1.82) is 0 Å². The van der Waals surface area contributed by atoms with E-state index >= 15 is 0 Å². The van der Waals surface area contributed by atoms with Gasteiger partial charge in [-0.15, -0.1) is 0 Å². The molecule has 2 saturated heterocycles. The van der Waals surface area contributed by atoms with Gasteiger partial charge >= 0.3 is 6.03 Å². The topological polar surface area (TPSA) is 127 Å². The molecule has 2 unspecified atom stereocenters. The molecule has 2 aliphatic rings. The van der Waals surface area contributed by atoms with Crippen molar-refractivity contribution in [2.24, 2.45) is 0 Å². The number of thioether (sulfide) groups is 1. The van der Waals surface area contributed by atoms with Crippen molar-refractivity contribution < 1.29 is 28.6 Å². The van der Waals surface area contributed by atoms with Crippen LogP contribution in [-0.2, 0) is 23.8 Å². The van der Waals surface area contributed by atoms with Gasteiger partial charge in [-0.3, -0.25) is 9.59 Å². The van der Waals surface area contributed by atoms with Crippen molar-refractivity contribution in [3.8, 4) is 0 Å². The van der Waals surface area contributed by atoms with E-state index in [4.69, 9.17) is 14.2 Å². The standard InChI is InChI=1S/C21H38N4O6S/c26-16-22-7-3-9-29-11-13-31-14-12-30-10-4-8-23-19(27)6-2-1-5-18-20-17(15-32-18)24-21(28)25-20/h16-18,20H,1-15H2,(H,22,26)(H,23,27)(H2,24,25,28)/t17?,18-,20?/m1/s1. The minimum atomic E-state index is -0.0523. The van der Waals surface area contributed by atoms with Crippen molar-refractivity contribution in [3.05, 3.63) is 0 Å². The fourth-order valence-corrected chi connectivity index (χ4v) is 5.19. The molecule has 184 valence electrons. The van der Waals surface area contributed by atoms with Gasteiger partial charge < -0.3 is 35.5 Å². The van der Waals surface area contributed by atoms with E-state index in [-0.39, 0.29) is 24.0 Å². The van der Waals surface area contributed by atoms with Crippen molar-refractivity contribution in [1.82, 2.24) is 21.3 Å². The minimum absolute atomic E-state index is 0.0523. The van der Waals surface area contributed by atoms with Gasteiger partial charge in [-0.25, -0.2) is 4.79 Å². The number of rotatable bonds is 20. The van der Waals surface area contributed by atoms with Crippen molar-refractivity contribution >= 4 is 30.1 Å². The molecule has 32 heavy (non-hydrogen) atoms. The van der Waals surface area contributed by atoms with Crippen LogP contribution in [0.2, 0.25) is 0 Å². The summed E-state index contributed by atoms with van der Waals surface area (Å²) < 4.78 is 16.3. The zero-order chi connectivity index (χ0) is 22.9. The number of ether oxygens (including phenoxy) is 3. The van der Waals surface area contributed by atoms with Crippen molar-refractivity contribution in [3.63, 3.8) is 0 Å². The summed E-state index contributed by atoms with van der Waals surface area (Å²) >= 11 is 1.91. The highest BCUT2D eigenvalue weighted by Crippen LogP contribution is 2.33. The highest BCUT2D eigenvalue weighted by molar-refractivity contribution is 8.00. The first-order valence-electron chi connectivity index (χ1n) is 11.6. The van der Waals surface area contributed by atoms with E-state index in [0.717, 1.165) is 37.9 Å². The predicted octanol–water partition coefficient (Wildman–Crippen LogP) is 0.404. The number of hydrogen-bond acceptors (Lipinski definition) is 7. The molecule has 0 radical (unpaired) electrons. The van der Waals surface area contributed by atoms with Crippen LogP contribution in [-0.4, -0.2) is 94.2 Å². The first-order chi connectivity index (χ1) is 15.7. The lowest BCUT2D eigenvalue weighted by molar-refractivity contribution is -0.121. The van der Waals surface area contributed by atoms with Crippen molar-refractivity contribution in [2.45, 2.75) is 55.9 Å². The molecule has 0 aromatic heterocycles. The number of carbonyl (C=O) groups is 3. The zero-order valence-electron chi connectivity index (χ0n) is 18.8. The molecule has 0 aromatic carbocycles. The Bertz CT molecular complexity index is 556. The summed E-state index contributed by atoms with van der Waals surface area (Å²) in [5.41, 5.74) is 0. The van der Waals surface area contributed by atoms with Gasteiger partial charge in [0, 0.05) is 43.7 Å². The van der Waals surface area contributed by atoms with Gasteiger partial charge in [-0.05, 0) is 25.7 Å². The van der Waals surface area contributed by atoms with Gasteiger partial charge in [-0.1, -0.05) is 6.42 Å². The van der Waals surface area contributed by atoms with Gasteiger partial charge in [0.05, 0.1) is 38.5 Å². The van der Waals surface area contributed by atoms with Crippen LogP contribution in [0.5, 0.6) is 0 Å². The highest BCUT2D eigenvalue weighted by atomic mass is 32.2. The maximum Gasteiger partial charge on any atom is 0.315 e. The lowest BCUT2D eigenvalue weighted by atomic mass is 10.0. The molecule has 3 atom stereocenters. The third-order valence-electron chi connectivity index (χ3n) is 5.31. The third-order valence-corrected chi connectivity index (χ3v) is 6.81. The Morgan fingerprint density at radius 3 is 2.38 bits per heavy atom. The summed E-state index contributed by atoms with van der Waals surface area (Å²) in [4.78, 5) is 33.4. The molecule has 0 bridgehead atoms. The Kier molecular flexibility index (Phi) is 14.2. The molecule has 10 nitrogen and oxygen atoms in total. The number of unbranched alkanes of at least 4 members (excludes halogenated alkanes) is 1. The van der Waals surface area contributed by atoms with Crippen LogP contribution in [0.1, 0.15) is 38.5 Å². The lowest BCUT2D eigenvalue weighted by Gasteiger charge is -2.16. The smallest absolute Gasteiger partial charge is 0.315 e. The van der Waals surface area contributed by atoms with E-state index in [1.807, 2.05) is 11.8 Å². The Balaban J connectivity index is 1.28. The Labute approximate surface area is 194 Å². The average Bonchev–Trinajstić information content (AvgIpc) is 3.33. The van der Waals surface area contributed by atoms with Gasteiger partial charge in [-0.2, -0.15) is 11.8 Å². The van der Waals surface area contributed by atoms with Gasteiger partial charge in [0.1, 0.15) is 0 Å². The van der Waals surface area contributed by atoms with Crippen LogP contribution < -0.4 is 21.3 Å². The number of carbonyl (C=O) groups excluding carboxylic acids is 3. The predicted molar refractivity (Wildman–Crippen MR) is 123 cm³/mol.